The number of fused-ring (bicyclic) bond motifs is 5. The number of carbonyl (C=O) groups excluding carboxylic acids is 1. The quantitative estimate of drug-likeness (QED) is 0.461. The Morgan fingerprint density at radius 1 is 1.24 bits per heavy atom. The predicted octanol–water partition coefficient (Wildman–Crippen LogP) is 3.50. The zero-order chi connectivity index (χ0) is 23.7. The highest BCUT2D eigenvalue weighted by Gasteiger charge is 2.43. The molecule has 7 nitrogen and oxygen atoms in total. The highest BCUT2D eigenvalue weighted by molar-refractivity contribution is 5.89. The van der Waals surface area contributed by atoms with E-state index in [9.17, 15) is 27.9 Å². The summed E-state index contributed by atoms with van der Waals surface area (Å²) >= 11 is 0. The second-order valence-corrected chi connectivity index (χ2v) is 8.23. The molecule has 2 aliphatic heterocycles. The van der Waals surface area contributed by atoms with E-state index in [2.05, 4.69) is 4.98 Å². The minimum Gasteiger partial charge on any atom is -0.497 e. The van der Waals surface area contributed by atoms with Crippen LogP contribution in [-0.2, 0) is 34.5 Å². The van der Waals surface area contributed by atoms with Gasteiger partial charge in [-0.1, -0.05) is 6.92 Å². The Morgan fingerprint density at radius 2 is 2.00 bits per heavy atom. The average molecular weight is 460 g/mol. The molecule has 0 amide bonds. The first-order valence-corrected chi connectivity index (χ1v) is 10.3. The first-order valence-electron chi connectivity index (χ1n) is 10.3. The molecule has 0 aliphatic carbocycles. The number of benzene rings is 1. The fourth-order valence-corrected chi connectivity index (χ4v) is 4.71. The van der Waals surface area contributed by atoms with Gasteiger partial charge in [-0.15, -0.1) is 0 Å². The number of alkyl halides is 3. The number of aliphatic hydroxyl groups is 1. The topological polar surface area (TPSA) is 90.7 Å². The summed E-state index contributed by atoms with van der Waals surface area (Å²) in [5.74, 6) is -0.401. The molecule has 0 fully saturated rings. The number of halogens is 3. The summed E-state index contributed by atoms with van der Waals surface area (Å²) < 4.78 is 54.1. The van der Waals surface area contributed by atoms with Gasteiger partial charge in [0.25, 0.3) is 5.56 Å². The lowest BCUT2D eigenvalue weighted by Gasteiger charge is -2.26. The van der Waals surface area contributed by atoms with Gasteiger partial charge in [0.15, 0.2) is 0 Å². The van der Waals surface area contributed by atoms with E-state index in [1.165, 1.54) is 35.9 Å². The first kappa shape index (κ1) is 21.4. The maximum absolute atomic E-state index is 14.3. The Kier molecular flexibility index (Phi) is 4.58. The van der Waals surface area contributed by atoms with Crippen LogP contribution >= 0.6 is 0 Å². The van der Waals surface area contributed by atoms with Crippen LogP contribution in [0, 0.1) is 0 Å². The normalized spacial score (nSPS) is 19.5. The van der Waals surface area contributed by atoms with Crippen molar-refractivity contribution < 1.29 is 32.5 Å². The standard InChI is InChI=1S/C23H19F3N2O5/c1-3-22(31)8-18(29)33-10-14-15(22)7-17-20-13(9-28(17)21(14)30)19(23(24,25)26)12-6-11(32-2)4-5-16(12)27-20/h4-7,31H,3,8-10H2,1-2H3. The number of esters is 1. The fraction of sp³-hybridized carbons (Fsp3) is 0.348. The van der Waals surface area contributed by atoms with Crippen LogP contribution in [0.1, 0.15) is 42.0 Å². The van der Waals surface area contributed by atoms with Gasteiger partial charge >= 0.3 is 12.1 Å². The van der Waals surface area contributed by atoms with E-state index >= 15 is 0 Å². The molecule has 1 aromatic carbocycles. The van der Waals surface area contributed by atoms with Crippen molar-refractivity contribution in [2.75, 3.05) is 7.11 Å². The van der Waals surface area contributed by atoms with Crippen LogP contribution in [0.4, 0.5) is 13.2 Å². The van der Waals surface area contributed by atoms with Crippen LogP contribution < -0.4 is 10.3 Å². The van der Waals surface area contributed by atoms with Crippen LogP contribution in [0.15, 0.2) is 29.1 Å². The van der Waals surface area contributed by atoms with Crippen LogP contribution in [0.3, 0.4) is 0 Å². The lowest BCUT2D eigenvalue weighted by molar-refractivity contribution is -0.149. The van der Waals surface area contributed by atoms with Crippen molar-refractivity contribution in [3.05, 3.63) is 56.9 Å². The van der Waals surface area contributed by atoms with E-state index in [0.717, 1.165) is 0 Å². The van der Waals surface area contributed by atoms with Crippen molar-refractivity contribution in [2.24, 2.45) is 0 Å². The molecule has 0 bridgehead atoms. The largest absolute Gasteiger partial charge is 0.497 e. The van der Waals surface area contributed by atoms with Crippen molar-refractivity contribution in [1.82, 2.24) is 9.55 Å². The Hall–Kier alpha value is -3.40. The molecule has 0 radical (unpaired) electrons. The smallest absolute Gasteiger partial charge is 0.417 e. The average Bonchev–Trinajstić information content (AvgIpc) is 3.06. The maximum atomic E-state index is 14.3. The second-order valence-electron chi connectivity index (χ2n) is 8.23. The molecular formula is C23H19F3N2O5. The number of aromatic nitrogens is 2. The number of ether oxygens (including phenoxy) is 2. The minimum atomic E-state index is -4.71. The van der Waals surface area contributed by atoms with E-state index in [1.807, 2.05) is 0 Å². The van der Waals surface area contributed by atoms with Gasteiger partial charge in [0.05, 0.1) is 48.1 Å². The van der Waals surface area contributed by atoms with Crippen molar-refractivity contribution in [2.45, 2.75) is 44.7 Å². The molecule has 1 N–H and O–H groups in total. The maximum Gasteiger partial charge on any atom is 0.417 e. The zero-order valence-corrected chi connectivity index (χ0v) is 17.7. The number of nitrogens with zero attached hydrogens (tertiary/aromatic N) is 2. The van der Waals surface area contributed by atoms with E-state index in [4.69, 9.17) is 9.47 Å². The van der Waals surface area contributed by atoms with Gasteiger partial charge in [-0.2, -0.15) is 13.2 Å². The number of methoxy groups -OCH3 is 1. The molecule has 0 saturated carbocycles. The third kappa shape index (κ3) is 3.12. The number of cyclic esters (lactones) is 1. The lowest BCUT2D eigenvalue weighted by Crippen LogP contribution is -2.32. The Morgan fingerprint density at radius 3 is 2.67 bits per heavy atom. The highest BCUT2D eigenvalue weighted by atomic mass is 19.4. The fourth-order valence-electron chi connectivity index (χ4n) is 4.71. The summed E-state index contributed by atoms with van der Waals surface area (Å²) in [6, 6.07) is 5.70. The molecule has 10 heteroatoms. The number of carbonyl (C=O) groups is 1. The van der Waals surface area contributed by atoms with Gasteiger partial charge in [-0.25, -0.2) is 4.98 Å². The Balaban J connectivity index is 1.84. The van der Waals surface area contributed by atoms with Crippen molar-refractivity contribution in [3.63, 3.8) is 0 Å². The van der Waals surface area contributed by atoms with Crippen LogP contribution in [0.2, 0.25) is 0 Å². The minimum absolute atomic E-state index is 0.0230. The monoisotopic (exact) mass is 460 g/mol. The van der Waals surface area contributed by atoms with Gasteiger partial charge in [0.2, 0.25) is 0 Å². The van der Waals surface area contributed by atoms with E-state index < -0.39 is 28.9 Å². The Bertz CT molecular complexity index is 1400. The molecule has 33 heavy (non-hydrogen) atoms. The predicted molar refractivity (Wildman–Crippen MR) is 111 cm³/mol. The van der Waals surface area contributed by atoms with Crippen LogP contribution in [0.5, 0.6) is 5.75 Å². The van der Waals surface area contributed by atoms with Gasteiger partial charge in [-0.05, 0) is 36.2 Å². The number of hydrogen-bond acceptors (Lipinski definition) is 6. The van der Waals surface area contributed by atoms with E-state index in [1.54, 1.807) is 6.92 Å². The van der Waals surface area contributed by atoms with E-state index in [0.29, 0.717) is 0 Å². The summed E-state index contributed by atoms with van der Waals surface area (Å²) in [5.41, 5.74) is -2.76. The molecule has 5 rings (SSSR count). The number of hydrogen-bond donors (Lipinski definition) is 1. The van der Waals surface area contributed by atoms with Crippen LogP contribution in [-0.4, -0.2) is 27.7 Å². The number of rotatable bonds is 2. The van der Waals surface area contributed by atoms with Gasteiger partial charge in [0.1, 0.15) is 18.0 Å². The van der Waals surface area contributed by atoms with Gasteiger partial charge < -0.3 is 19.1 Å². The molecule has 4 heterocycles. The van der Waals surface area contributed by atoms with Crippen molar-refractivity contribution in [1.29, 1.82) is 0 Å². The lowest BCUT2D eigenvalue weighted by atomic mass is 9.85. The van der Waals surface area contributed by atoms with Gasteiger partial charge in [-0.3, -0.25) is 9.59 Å². The van der Waals surface area contributed by atoms with Crippen molar-refractivity contribution >= 4 is 16.9 Å². The van der Waals surface area contributed by atoms with Gasteiger partial charge in [0, 0.05) is 10.9 Å². The molecule has 1 atom stereocenters. The summed E-state index contributed by atoms with van der Waals surface area (Å²) in [4.78, 5) is 29.8. The molecule has 0 spiro atoms. The summed E-state index contributed by atoms with van der Waals surface area (Å²) in [5, 5.41) is 11.0. The highest BCUT2D eigenvalue weighted by Crippen LogP contribution is 2.45. The molecular weight excluding hydrogens is 441 g/mol. The first-order chi connectivity index (χ1) is 15.6. The Labute approximate surface area is 185 Å². The SMILES string of the molecule is CCC1(O)CC(=O)OCc2c1cc1n(c2=O)Cc2c-1nc1ccc(OC)cc1c2C(F)(F)F. The summed E-state index contributed by atoms with van der Waals surface area (Å²) in [6.07, 6.45) is -4.95. The molecule has 1 unspecified atom stereocenters. The third-order valence-corrected chi connectivity index (χ3v) is 6.44. The molecule has 172 valence electrons. The third-order valence-electron chi connectivity index (χ3n) is 6.44. The molecule has 0 saturated heterocycles. The molecule has 2 aromatic heterocycles. The van der Waals surface area contributed by atoms with E-state index in [-0.39, 0.29) is 70.7 Å². The molecule has 2 aliphatic rings. The second kappa shape index (κ2) is 7.05. The summed E-state index contributed by atoms with van der Waals surface area (Å²) in [6.45, 7) is 0.955. The summed E-state index contributed by atoms with van der Waals surface area (Å²) in [7, 11) is 1.36. The zero-order valence-electron chi connectivity index (χ0n) is 17.7. The molecule has 3 aromatic rings. The number of pyridine rings is 2. The van der Waals surface area contributed by atoms with Crippen LogP contribution in [0.25, 0.3) is 22.3 Å². The van der Waals surface area contributed by atoms with Crippen molar-refractivity contribution in [3.8, 4) is 17.1 Å².